The first-order valence-electron chi connectivity index (χ1n) is 23.4. The third-order valence-corrected chi connectivity index (χ3v) is 11.7. The van der Waals surface area contributed by atoms with E-state index in [2.05, 4.69) is 50.3 Å². The Morgan fingerprint density at radius 3 is 1.39 bits per heavy atom. The lowest BCUT2D eigenvalue weighted by atomic mass is 9.85. The van der Waals surface area contributed by atoms with Crippen LogP contribution in [0.1, 0.15) is 181 Å². The fourth-order valence-electron chi connectivity index (χ4n) is 6.87. The summed E-state index contributed by atoms with van der Waals surface area (Å²) in [5.41, 5.74) is 0. The number of unbranched alkanes of at least 4 members (excludes halogenated alkanes) is 18. The van der Waals surface area contributed by atoms with Crippen LogP contribution in [0.25, 0.3) is 0 Å². The van der Waals surface area contributed by atoms with E-state index in [1.807, 2.05) is 12.2 Å². The number of carbonyl (C=O) groups excluding carboxylic acids is 2. The molecule has 1 fully saturated rings. The minimum Gasteiger partial charge on any atom is -0.462 e. The molecule has 0 saturated heterocycles. The first-order valence-corrected chi connectivity index (χ1v) is 24.9. The van der Waals surface area contributed by atoms with Crippen molar-refractivity contribution in [2.24, 2.45) is 0 Å². The number of phosphoric acid groups is 1. The molecule has 0 aromatic carbocycles. The Morgan fingerprint density at radius 1 is 0.508 bits per heavy atom. The highest BCUT2D eigenvalue weighted by Gasteiger charge is 2.51. The number of rotatable bonds is 38. The van der Waals surface area contributed by atoms with Gasteiger partial charge in [0.05, 0.1) is 6.61 Å². The maximum atomic E-state index is 12.8. The summed E-state index contributed by atoms with van der Waals surface area (Å²) in [5.74, 6) is -1.16. The van der Waals surface area contributed by atoms with E-state index in [-0.39, 0.29) is 12.8 Å². The number of allylic oxidation sites excluding steroid dienone is 8. The second kappa shape index (κ2) is 37.2. The molecule has 61 heavy (non-hydrogen) atoms. The standard InChI is InChI=1S/C47H83O13P/c1-3-5-7-9-11-13-15-17-19-20-22-24-26-28-30-32-34-36-41(49)59-39(38-58-61(55,56)60-47-45(53)43(51)42(50)44(52)46(47)54)37-57-40(48)35-33-31-29-27-25-23-21-18-16-14-12-10-8-6-4-2/h11,13,17,19,22,24,28,30,39,42-47,50-54H,3-10,12,14-16,18,20-21,23,25-27,29,31-38H2,1-2H3,(H,55,56)/b13-11-,19-17-,24-22-,30-28-. The summed E-state index contributed by atoms with van der Waals surface area (Å²) in [7, 11) is -5.13. The van der Waals surface area contributed by atoms with E-state index in [4.69, 9.17) is 18.5 Å². The van der Waals surface area contributed by atoms with Crippen LogP contribution >= 0.6 is 7.82 Å². The Labute approximate surface area is 367 Å². The van der Waals surface area contributed by atoms with Crippen molar-refractivity contribution in [1.82, 2.24) is 0 Å². The van der Waals surface area contributed by atoms with Gasteiger partial charge in [-0.2, -0.15) is 0 Å². The maximum absolute atomic E-state index is 12.8. The molecule has 0 aromatic rings. The Kier molecular flexibility index (Phi) is 34.7. The third-order valence-electron chi connectivity index (χ3n) is 10.7. The van der Waals surface area contributed by atoms with Crippen LogP contribution in [0.4, 0.5) is 0 Å². The first-order chi connectivity index (χ1) is 29.4. The summed E-state index contributed by atoms with van der Waals surface area (Å²) < 4.78 is 33.5. The molecule has 354 valence electrons. The predicted octanol–water partition coefficient (Wildman–Crippen LogP) is 9.17. The summed E-state index contributed by atoms with van der Waals surface area (Å²) in [5, 5.41) is 50.1. The molecule has 6 unspecified atom stereocenters. The highest BCUT2D eigenvalue weighted by Crippen LogP contribution is 2.47. The highest BCUT2D eigenvalue weighted by molar-refractivity contribution is 7.47. The molecule has 0 aromatic heterocycles. The van der Waals surface area contributed by atoms with Crippen LogP contribution in [-0.4, -0.2) is 98.3 Å². The van der Waals surface area contributed by atoms with E-state index in [1.165, 1.54) is 89.9 Å². The third kappa shape index (κ3) is 29.7. The van der Waals surface area contributed by atoms with Crippen LogP contribution in [0.5, 0.6) is 0 Å². The molecule has 0 radical (unpaired) electrons. The summed E-state index contributed by atoms with van der Waals surface area (Å²) in [6.07, 6.45) is 30.3. The molecule has 0 heterocycles. The van der Waals surface area contributed by atoms with E-state index in [9.17, 15) is 44.6 Å². The average Bonchev–Trinajstić information content (AvgIpc) is 3.24. The second-order valence-corrected chi connectivity index (χ2v) is 17.7. The minimum absolute atomic E-state index is 0.0213. The smallest absolute Gasteiger partial charge is 0.462 e. The topological polar surface area (TPSA) is 210 Å². The normalized spacial score (nSPS) is 22.4. The van der Waals surface area contributed by atoms with Gasteiger partial charge in [-0.25, -0.2) is 4.57 Å². The van der Waals surface area contributed by atoms with Gasteiger partial charge in [0.1, 0.15) is 43.2 Å². The van der Waals surface area contributed by atoms with Crippen LogP contribution in [0.15, 0.2) is 48.6 Å². The van der Waals surface area contributed by atoms with Crippen LogP contribution < -0.4 is 0 Å². The number of ether oxygens (including phenoxy) is 2. The van der Waals surface area contributed by atoms with Crippen LogP contribution in [0.3, 0.4) is 0 Å². The number of aliphatic hydroxyl groups excluding tert-OH is 5. The molecule has 1 aliphatic carbocycles. The van der Waals surface area contributed by atoms with E-state index >= 15 is 0 Å². The minimum atomic E-state index is -5.13. The van der Waals surface area contributed by atoms with Crippen molar-refractivity contribution >= 4 is 19.8 Å². The van der Waals surface area contributed by atoms with Gasteiger partial charge in [0.15, 0.2) is 6.10 Å². The van der Waals surface area contributed by atoms with Gasteiger partial charge < -0.3 is 39.9 Å². The maximum Gasteiger partial charge on any atom is 0.472 e. The Hall–Kier alpha value is -2.19. The average molecular weight is 887 g/mol. The van der Waals surface area contributed by atoms with Crippen molar-refractivity contribution in [2.75, 3.05) is 13.2 Å². The zero-order valence-electron chi connectivity index (χ0n) is 37.4. The van der Waals surface area contributed by atoms with Gasteiger partial charge in [-0.3, -0.25) is 18.6 Å². The number of aliphatic hydroxyl groups is 5. The van der Waals surface area contributed by atoms with Gasteiger partial charge >= 0.3 is 19.8 Å². The lowest BCUT2D eigenvalue weighted by molar-refractivity contribution is -0.220. The predicted molar refractivity (Wildman–Crippen MR) is 239 cm³/mol. The van der Waals surface area contributed by atoms with Crippen LogP contribution in [-0.2, 0) is 32.7 Å². The molecule has 13 nitrogen and oxygen atoms in total. The fourth-order valence-corrected chi connectivity index (χ4v) is 7.84. The molecule has 14 heteroatoms. The molecule has 0 amide bonds. The highest BCUT2D eigenvalue weighted by atomic mass is 31.2. The van der Waals surface area contributed by atoms with Crippen molar-refractivity contribution in [3.8, 4) is 0 Å². The number of hydrogen-bond donors (Lipinski definition) is 6. The molecule has 0 spiro atoms. The molecule has 0 bridgehead atoms. The van der Waals surface area contributed by atoms with Crippen molar-refractivity contribution < 1.29 is 63.1 Å². The molecule has 6 atom stereocenters. The molecule has 0 aliphatic heterocycles. The zero-order chi connectivity index (χ0) is 45.0. The lowest BCUT2D eigenvalue weighted by Gasteiger charge is -2.41. The molecule has 1 saturated carbocycles. The second-order valence-electron chi connectivity index (χ2n) is 16.3. The molecular weight excluding hydrogens is 803 g/mol. The number of esters is 2. The number of carbonyl (C=O) groups is 2. The lowest BCUT2D eigenvalue weighted by Crippen LogP contribution is -2.64. The van der Waals surface area contributed by atoms with E-state index in [0.717, 1.165) is 44.9 Å². The van der Waals surface area contributed by atoms with Crippen molar-refractivity contribution in [3.63, 3.8) is 0 Å². The van der Waals surface area contributed by atoms with Gasteiger partial charge in [0, 0.05) is 12.8 Å². The zero-order valence-corrected chi connectivity index (χ0v) is 38.3. The van der Waals surface area contributed by atoms with E-state index in [0.29, 0.717) is 19.3 Å². The van der Waals surface area contributed by atoms with Crippen LogP contribution in [0, 0.1) is 0 Å². The van der Waals surface area contributed by atoms with Crippen molar-refractivity contribution in [1.29, 1.82) is 0 Å². The SMILES string of the molecule is CCCCC/C=C\C/C=C\C/C=C\C/C=C\CCCC(=O)OC(COC(=O)CCCCCCCCCCCCCCCCC)COP(=O)(O)OC1C(O)C(O)C(O)C(O)C1O. The van der Waals surface area contributed by atoms with E-state index < -0.39 is 75.7 Å². The molecule has 1 aliphatic rings. The summed E-state index contributed by atoms with van der Waals surface area (Å²) in [4.78, 5) is 35.7. The molecule has 1 rings (SSSR count). The van der Waals surface area contributed by atoms with Gasteiger partial charge in [-0.15, -0.1) is 0 Å². The van der Waals surface area contributed by atoms with Gasteiger partial charge in [-0.1, -0.05) is 165 Å². The quantitative estimate of drug-likeness (QED) is 0.0148. The van der Waals surface area contributed by atoms with Crippen molar-refractivity contribution in [3.05, 3.63) is 48.6 Å². The number of phosphoric ester groups is 1. The molecule has 6 N–H and O–H groups in total. The monoisotopic (exact) mass is 887 g/mol. The van der Waals surface area contributed by atoms with E-state index in [1.54, 1.807) is 0 Å². The Morgan fingerprint density at radius 2 is 0.902 bits per heavy atom. The summed E-state index contributed by atoms with van der Waals surface area (Å²) in [6.45, 7) is 3.23. The molecular formula is C47H83O13P. The van der Waals surface area contributed by atoms with Crippen molar-refractivity contribution in [2.45, 2.75) is 224 Å². The Balaban J connectivity index is 2.50. The van der Waals surface area contributed by atoms with Gasteiger partial charge in [-0.05, 0) is 51.4 Å². The number of hydrogen-bond acceptors (Lipinski definition) is 12. The first kappa shape index (κ1) is 56.8. The Bertz CT molecular complexity index is 1250. The van der Waals surface area contributed by atoms with Gasteiger partial charge in [0.2, 0.25) is 0 Å². The summed E-state index contributed by atoms with van der Waals surface area (Å²) in [6, 6.07) is 0. The summed E-state index contributed by atoms with van der Waals surface area (Å²) >= 11 is 0. The van der Waals surface area contributed by atoms with Crippen LogP contribution in [0.2, 0.25) is 0 Å². The van der Waals surface area contributed by atoms with Gasteiger partial charge in [0.25, 0.3) is 0 Å². The largest absolute Gasteiger partial charge is 0.472 e. The fraction of sp³-hybridized carbons (Fsp3) is 0.787.